The van der Waals surface area contributed by atoms with Gasteiger partial charge in [-0.1, -0.05) is 41.9 Å². The molecule has 0 aliphatic carbocycles. The quantitative estimate of drug-likeness (QED) is 0.468. The monoisotopic (exact) mass is 432 g/mol. The molecule has 5 rings (SSSR count). The van der Waals surface area contributed by atoms with Crippen LogP contribution in [0, 0.1) is 5.92 Å². The van der Waals surface area contributed by atoms with E-state index in [4.69, 9.17) is 21.6 Å². The van der Waals surface area contributed by atoms with E-state index in [9.17, 15) is 0 Å². The van der Waals surface area contributed by atoms with Gasteiger partial charge in [-0.15, -0.1) is 0 Å². The lowest BCUT2D eigenvalue weighted by Gasteiger charge is -2.32. The van der Waals surface area contributed by atoms with Crippen LogP contribution in [0.25, 0.3) is 11.0 Å². The Morgan fingerprint density at radius 2 is 1.74 bits per heavy atom. The van der Waals surface area contributed by atoms with E-state index in [0.29, 0.717) is 10.9 Å². The molecule has 0 amide bonds. The fourth-order valence-electron chi connectivity index (χ4n) is 4.20. The van der Waals surface area contributed by atoms with Gasteiger partial charge in [-0.2, -0.15) is 15.1 Å². The molecule has 1 aliphatic rings. The van der Waals surface area contributed by atoms with Crippen molar-refractivity contribution >= 4 is 40.1 Å². The van der Waals surface area contributed by atoms with E-state index in [1.807, 2.05) is 37.5 Å². The van der Waals surface area contributed by atoms with E-state index in [0.717, 1.165) is 60.8 Å². The first-order chi connectivity index (χ1) is 15.2. The van der Waals surface area contributed by atoms with Crippen LogP contribution in [0.2, 0.25) is 5.02 Å². The highest BCUT2D eigenvalue weighted by atomic mass is 35.5. The Bertz CT molecular complexity index is 1160. The summed E-state index contributed by atoms with van der Waals surface area (Å²) in [6, 6.07) is 18.4. The molecule has 0 bridgehead atoms. The largest absolute Gasteiger partial charge is 0.341 e. The molecule has 3 heterocycles. The first kappa shape index (κ1) is 19.8. The summed E-state index contributed by atoms with van der Waals surface area (Å²) in [4.78, 5) is 12.0. The van der Waals surface area contributed by atoms with Gasteiger partial charge in [-0.3, -0.25) is 4.68 Å². The molecule has 0 saturated carbocycles. The van der Waals surface area contributed by atoms with Crippen LogP contribution in [0.5, 0.6) is 0 Å². The third-order valence-corrected chi connectivity index (χ3v) is 6.20. The molecule has 1 N–H and O–H groups in total. The molecule has 7 heteroatoms. The van der Waals surface area contributed by atoms with Gasteiger partial charge in [0.2, 0.25) is 5.95 Å². The van der Waals surface area contributed by atoms with E-state index >= 15 is 0 Å². The smallest absolute Gasteiger partial charge is 0.229 e. The molecule has 0 atom stereocenters. The number of fused-ring (bicyclic) bond motifs is 1. The van der Waals surface area contributed by atoms with Crippen molar-refractivity contribution in [3.63, 3.8) is 0 Å². The zero-order valence-electron chi connectivity index (χ0n) is 17.5. The minimum Gasteiger partial charge on any atom is -0.341 e. The summed E-state index contributed by atoms with van der Waals surface area (Å²) in [5.41, 5.74) is 3.18. The Balaban J connectivity index is 1.36. The number of piperidine rings is 1. The second-order valence-corrected chi connectivity index (χ2v) is 8.57. The first-order valence-corrected chi connectivity index (χ1v) is 11.0. The minimum atomic E-state index is 0.700. The van der Waals surface area contributed by atoms with Gasteiger partial charge in [-0.25, -0.2) is 0 Å². The zero-order chi connectivity index (χ0) is 21.2. The van der Waals surface area contributed by atoms with Crippen LogP contribution in [0.1, 0.15) is 18.4 Å². The topological polar surface area (TPSA) is 58.9 Å². The van der Waals surface area contributed by atoms with E-state index in [2.05, 4.69) is 45.6 Å². The van der Waals surface area contributed by atoms with Gasteiger partial charge in [0, 0.05) is 30.8 Å². The number of nitrogens with zero attached hydrogens (tertiary/aromatic N) is 5. The Hall–Kier alpha value is -3.12. The number of hydrogen-bond acceptors (Lipinski definition) is 5. The second kappa shape index (κ2) is 8.55. The fraction of sp³-hybridized carbons (Fsp3) is 0.292. The van der Waals surface area contributed by atoms with Crippen molar-refractivity contribution in [2.24, 2.45) is 13.0 Å². The predicted molar refractivity (Wildman–Crippen MR) is 126 cm³/mol. The highest BCUT2D eigenvalue weighted by molar-refractivity contribution is 6.30. The molecule has 31 heavy (non-hydrogen) atoms. The Labute approximate surface area is 186 Å². The normalized spacial score (nSPS) is 14.8. The van der Waals surface area contributed by atoms with Gasteiger partial charge in [-0.05, 0) is 55.0 Å². The van der Waals surface area contributed by atoms with Crippen LogP contribution in [0.4, 0.5) is 17.5 Å². The highest BCUT2D eigenvalue weighted by Crippen LogP contribution is 2.29. The number of anilines is 3. The molecule has 4 aromatic rings. The van der Waals surface area contributed by atoms with Crippen LogP contribution in [0.15, 0.2) is 60.8 Å². The van der Waals surface area contributed by atoms with Gasteiger partial charge < -0.3 is 10.2 Å². The molecule has 1 saturated heterocycles. The van der Waals surface area contributed by atoms with Gasteiger partial charge in [0.15, 0.2) is 5.65 Å². The van der Waals surface area contributed by atoms with Gasteiger partial charge in [0.1, 0.15) is 5.82 Å². The lowest BCUT2D eigenvalue weighted by atomic mass is 9.90. The van der Waals surface area contributed by atoms with Gasteiger partial charge in [0.25, 0.3) is 0 Å². The lowest BCUT2D eigenvalue weighted by molar-refractivity contribution is 0.401. The molecule has 0 spiro atoms. The van der Waals surface area contributed by atoms with Crippen molar-refractivity contribution in [2.45, 2.75) is 19.3 Å². The van der Waals surface area contributed by atoms with Gasteiger partial charge in [0.05, 0.1) is 11.6 Å². The summed E-state index contributed by atoms with van der Waals surface area (Å²) in [7, 11) is 1.91. The highest BCUT2D eigenvalue weighted by Gasteiger charge is 2.23. The van der Waals surface area contributed by atoms with Crippen LogP contribution in [-0.2, 0) is 13.5 Å². The molecule has 2 aromatic carbocycles. The Morgan fingerprint density at radius 1 is 1.00 bits per heavy atom. The third kappa shape index (κ3) is 4.35. The number of halogens is 1. The summed E-state index contributed by atoms with van der Waals surface area (Å²) in [6.07, 6.45) is 5.23. The fourth-order valence-corrected chi connectivity index (χ4v) is 4.33. The van der Waals surface area contributed by atoms with Gasteiger partial charge >= 0.3 is 0 Å². The second-order valence-electron chi connectivity index (χ2n) is 8.13. The number of aryl methyl sites for hydroxylation is 1. The molecule has 0 radical (unpaired) electrons. The molecule has 1 aliphatic heterocycles. The third-order valence-electron chi connectivity index (χ3n) is 5.95. The van der Waals surface area contributed by atoms with Crippen LogP contribution < -0.4 is 10.2 Å². The van der Waals surface area contributed by atoms with Crippen LogP contribution in [-0.4, -0.2) is 32.8 Å². The van der Waals surface area contributed by atoms with Crippen LogP contribution >= 0.6 is 11.6 Å². The standard InChI is InChI=1S/C24H25ClN6/c1-30-23-21(16-26-30)22(27-20-9-7-19(25)8-10-20)28-24(29-23)31-13-11-18(12-14-31)15-17-5-3-2-4-6-17/h2-10,16,18H,11-15H2,1H3,(H,27,28,29). The molecule has 158 valence electrons. The minimum absolute atomic E-state index is 0.700. The van der Waals surface area contributed by atoms with Crippen molar-refractivity contribution in [3.8, 4) is 0 Å². The Kier molecular flexibility index (Phi) is 5.47. The molecule has 0 unspecified atom stereocenters. The van der Waals surface area contributed by atoms with E-state index in [1.54, 1.807) is 4.68 Å². The summed E-state index contributed by atoms with van der Waals surface area (Å²) in [6.45, 7) is 1.92. The zero-order valence-corrected chi connectivity index (χ0v) is 18.3. The maximum atomic E-state index is 6.03. The number of benzene rings is 2. The maximum Gasteiger partial charge on any atom is 0.229 e. The van der Waals surface area contributed by atoms with E-state index < -0.39 is 0 Å². The SMILES string of the molecule is Cn1ncc2c(Nc3ccc(Cl)cc3)nc(N3CCC(Cc4ccccc4)CC3)nc21. The molecular formula is C24H25ClN6. The molecular weight excluding hydrogens is 408 g/mol. The number of aromatic nitrogens is 4. The maximum absolute atomic E-state index is 6.03. The summed E-state index contributed by atoms with van der Waals surface area (Å²) < 4.78 is 1.80. The van der Waals surface area contributed by atoms with Crippen molar-refractivity contribution in [1.82, 2.24) is 19.7 Å². The average molecular weight is 433 g/mol. The number of nitrogens with one attached hydrogen (secondary N) is 1. The van der Waals surface area contributed by atoms with Crippen molar-refractivity contribution in [1.29, 1.82) is 0 Å². The predicted octanol–water partition coefficient (Wildman–Crippen LogP) is 5.22. The van der Waals surface area contributed by atoms with Crippen molar-refractivity contribution in [2.75, 3.05) is 23.3 Å². The van der Waals surface area contributed by atoms with Crippen molar-refractivity contribution in [3.05, 3.63) is 71.4 Å². The van der Waals surface area contributed by atoms with Crippen molar-refractivity contribution < 1.29 is 0 Å². The molecule has 2 aromatic heterocycles. The number of hydrogen-bond donors (Lipinski definition) is 1. The number of rotatable bonds is 5. The lowest BCUT2D eigenvalue weighted by Crippen LogP contribution is -2.35. The van der Waals surface area contributed by atoms with E-state index in [-0.39, 0.29) is 0 Å². The average Bonchev–Trinajstić information content (AvgIpc) is 3.18. The first-order valence-electron chi connectivity index (χ1n) is 10.7. The van der Waals surface area contributed by atoms with E-state index in [1.165, 1.54) is 5.56 Å². The summed E-state index contributed by atoms with van der Waals surface area (Å²) in [5, 5.41) is 9.42. The van der Waals surface area contributed by atoms with Crippen LogP contribution in [0.3, 0.4) is 0 Å². The summed E-state index contributed by atoms with van der Waals surface area (Å²) in [5.74, 6) is 2.22. The molecule has 6 nitrogen and oxygen atoms in total. The molecule has 1 fully saturated rings. The Morgan fingerprint density at radius 3 is 2.48 bits per heavy atom. The summed E-state index contributed by atoms with van der Waals surface area (Å²) >= 11 is 6.03.